The van der Waals surface area contributed by atoms with Gasteiger partial charge in [0, 0.05) is 12.5 Å². The highest BCUT2D eigenvalue weighted by molar-refractivity contribution is 5.85. The molecule has 0 bridgehead atoms. The van der Waals surface area contributed by atoms with Crippen molar-refractivity contribution in [2.45, 2.75) is 5.92 Å². The van der Waals surface area contributed by atoms with E-state index in [1.165, 1.54) is 11.1 Å². The Morgan fingerprint density at radius 2 is 2.08 bits per heavy atom. The van der Waals surface area contributed by atoms with Crippen molar-refractivity contribution in [3.05, 3.63) is 41.5 Å². The molecule has 0 fully saturated rings. The fourth-order valence-corrected chi connectivity index (χ4v) is 1.72. The van der Waals surface area contributed by atoms with E-state index >= 15 is 0 Å². The maximum absolute atomic E-state index is 3.20. The van der Waals surface area contributed by atoms with Gasteiger partial charge in [-0.1, -0.05) is 36.4 Å². The third kappa shape index (κ3) is 1.93. The number of nitrogens with one attached hydrogen (secondary N) is 1. The van der Waals surface area contributed by atoms with Gasteiger partial charge in [0.25, 0.3) is 0 Å². The van der Waals surface area contributed by atoms with Gasteiger partial charge >= 0.3 is 0 Å². The summed E-state index contributed by atoms with van der Waals surface area (Å²) >= 11 is 0. The molecule has 0 amide bonds. The molecule has 0 heterocycles. The number of halogens is 1. The van der Waals surface area contributed by atoms with Crippen LogP contribution in [0.3, 0.4) is 0 Å². The monoisotopic (exact) mass is 195 g/mol. The average Bonchev–Trinajstić information content (AvgIpc) is 2.50. The quantitative estimate of drug-likeness (QED) is 0.765. The zero-order valence-electron chi connectivity index (χ0n) is 7.66. The van der Waals surface area contributed by atoms with E-state index in [9.17, 15) is 0 Å². The molecule has 0 aliphatic heterocycles. The molecule has 0 aromatic heterocycles. The second kappa shape index (κ2) is 4.45. The molecule has 1 aromatic rings. The Bertz CT molecular complexity index is 307. The van der Waals surface area contributed by atoms with Crippen LogP contribution in [0.4, 0.5) is 0 Å². The maximum Gasteiger partial charge on any atom is 0.0152 e. The molecule has 1 aliphatic rings. The summed E-state index contributed by atoms with van der Waals surface area (Å²) in [5, 5.41) is 3.20. The predicted molar refractivity (Wildman–Crippen MR) is 59.4 cm³/mol. The van der Waals surface area contributed by atoms with Crippen LogP contribution in [0.2, 0.25) is 0 Å². The fourth-order valence-electron chi connectivity index (χ4n) is 1.72. The van der Waals surface area contributed by atoms with Crippen LogP contribution in [-0.4, -0.2) is 13.6 Å². The predicted octanol–water partition coefficient (Wildman–Crippen LogP) is 2.44. The highest BCUT2D eigenvalue weighted by atomic mass is 35.5. The molecule has 1 aromatic carbocycles. The van der Waals surface area contributed by atoms with Crippen LogP contribution in [0.1, 0.15) is 17.0 Å². The summed E-state index contributed by atoms with van der Waals surface area (Å²) in [7, 11) is 1.99. The lowest BCUT2D eigenvalue weighted by atomic mass is 10.0. The van der Waals surface area contributed by atoms with E-state index in [1.54, 1.807) is 0 Å². The molecule has 1 aliphatic carbocycles. The van der Waals surface area contributed by atoms with Crippen LogP contribution in [0.5, 0.6) is 0 Å². The summed E-state index contributed by atoms with van der Waals surface area (Å²) in [6, 6.07) is 8.57. The SMILES string of the molecule is CNCC1C=Cc2ccccc21.Cl. The van der Waals surface area contributed by atoms with Crippen LogP contribution in [0, 0.1) is 0 Å². The molecule has 1 nitrogen and oxygen atoms in total. The molecule has 0 spiro atoms. The van der Waals surface area contributed by atoms with Gasteiger partial charge in [0.15, 0.2) is 0 Å². The molecule has 0 saturated carbocycles. The molecule has 1 atom stereocenters. The first kappa shape index (κ1) is 10.3. The number of likely N-dealkylation sites (N-methyl/N-ethyl adjacent to an activating group) is 1. The van der Waals surface area contributed by atoms with E-state index < -0.39 is 0 Å². The first-order valence-corrected chi connectivity index (χ1v) is 4.33. The van der Waals surface area contributed by atoms with Gasteiger partial charge < -0.3 is 5.32 Å². The van der Waals surface area contributed by atoms with Gasteiger partial charge in [0.05, 0.1) is 0 Å². The van der Waals surface area contributed by atoms with Crippen molar-refractivity contribution in [1.82, 2.24) is 5.32 Å². The first-order valence-electron chi connectivity index (χ1n) is 4.33. The second-order valence-electron chi connectivity index (χ2n) is 3.15. The molecular weight excluding hydrogens is 182 g/mol. The van der Waals surface area contributed by atoms with Gasteiger partial charge in [-0.15, -0.1) is 12.4 Å². The summed E-state index contributed by atoms with van der Waals surface area (Å²) in [5.74, 6) is 0.575. The van der Waals surface area contributed by atoms with Gasteiger partial charge in [-0.05, 0) is 18.2 Å². The average molecular weight is 196 g/mol. The van der Waals surface area contributed by atoms with Crippen LogP contribution in [-0.2, 0) is 0 Å². The largest absolute Gasteiger partial charge is 0.319 e. The number of fused-ring (bicyclic) bond motifs is 1. The van der Waals surface area contributed by atoms with E-state index in [-0.39, 0.29) is 12.4 Å². The standard InChI is InChI=1S/C11H13N.ClH/c1-12-8-10-7-6-9-4-2-3-5-11(9)10;/h2-7,10,12H,8H2,1H3;1H. The van der Waals surface area contributed by atoms with Crippen molar-refractivity contribution in [3.63, 3.8) is 0 Å². The van der Waals surface area contributed by atoms with Gasteiger partial charge in [-0.3, -0.25) is 0 Å². The van der Waals surface area contributed by atoms with Crippen LogP contribution in [0.15, 0.2) is 30.3 Å². The minimum atomic E-state index is 0. The van der Waals surface area contributed by atoms with Crippen molar-refractivity contribution in [2.75, 3.05) is 13.6 Å². The van der Waals surface area contributed by atoms with E-state index in [2.05, 4.69) is 41.7 Å². The zero-order valence-corrected chi connectivity index (χ0v) is 8.47. The minimum absolute atomic E-state index is 0. The van der Waals surface area contributed by atoms with E-state index in [0.717, 1.165) is 6.54 Å². The first-order chi connectivity index (χ1) is 5.92. The molecule has 0 radical (unpaired) electrons. The van der Waals surface area contributed by atoms with Crippen molar-refractivity contribution >= 4 is 18.5 Å². The molecule has 1 unspecified atom stereocenters. The smallest absolute Gasteiger partial charge is 0.0152 e. The van der Waals surface area contributed by atoms with Crippen LogP contribution >= 0.6 is 12.4 Å². The Kier molecular flexibility index (Phi) is 3.52. The number of benzene rings is 1. The maximum atomic E-state index is 3.20. The lowest BCUT2D eigenvalue weighted by Crippen LogP contribution is -2.14. The highest BCUT2D eigenvalue weighted by Crippen LogP contribution is 2.28. The Morgan fingerprint density at radius 1 is 1.31 bits per heavy atom. The summed E-state index contributed by atoms with van der Waals surface area (Å²) in [6.07, 6.45) is 4.47. The van der Waals surface area contributed by atoms with Gasteiger partial charge in [-0.2, -0.15) is 0 Å². The number of rotatable bonds is 2. The minimum Gasteiger partial charge on any atom is -0.319 e. The van der Waals surface area contributed by atoms with Crippen molar-refractivity contribution < 1.29 is 0 Å². The lowest BCUT2D eigenvalue weighted by molar-refractivity contribution is 0.732. The Morgan fingerprint density at radius 3 is 2.85 bits per heavy atom. The van der Waals surface area contributed by atoms with E-state index in [0.29, 0.717) is 5.92 Å². The van der Waals surface area contributed by atoms with Crippen LogP contribution < -0.4 is 5.32 Å². The number of hydrogen-bond acceptors (Lipinski definition) is 1. The summed E-state index contributed by atoms with van der Waals surface area (Å²) < 4.78 is 0. The van der Waals surface area contributed by atoms with Gasteiger partial charge in [0.2, 0.25) is 0 Å². The normalized spacial score (nSPS) is 18.1. The molecule has 0 saturated heterocycles. The molecule has 2 rings (SSSR count). The Balaban J connectivity index is 0.000000845. The third-order valence-corrected chi connectivity index (χ3v) is 2.33. The summed E-state index contributed by atoms with van der Waals surface area (Å²) in [5.41, 5.74) is 2.82. The Labute approximate surface area is 85.3 Å². The van der Waals surface area contributed by atoms with E-state index in [4.69, 9.17) is 0 Å². The lowest BCUT2D eigenvalue weighted by Gasteiger charge is -2.08. The summed E-state index contributed by atoms with van der Waals surface area (Å²) in [6.45, 7) is 1.04. The van der Waals surface area contributed by atoms with Crippen molar-refractivity contribution in [1.29, 1.82) is 0 Å². The molecular formula is C11H14ClN. The second-order valence-corrected chi connectivity index (χ2v) is 3.15. The molecule has 1 N–H and O–H groups in total. The highest BCUT2D eigenvalue weighted by Gasteiger charge is 2.14. The van der Waals surface area contributed by atoms with Gasteiger partial charge in [0.1, 0.15) is 0 Å². The number of hydrogen-bond donors (Lipinski definition) is 1. The topological polar surface area (TPSA) is 12.0 Å². The molecule has 13 heavy (non-hydrogen) atoms. The zero-order chi connectivity index (χ0) is 8.39. The molecule has 2 heteroatoms. The summed E-state index contributed by atoms with van der Waals surface area (Å²) in [4.78, 5) is 0. The van der Waals surface area contributed by atoms with Crippen molar-refractivity contribution in [2.24, 2.45) is 0 Å². The van der Waals surface area contributed by atoms with Crippen molar-refractivity contribution in [3.8, 4) is 0 Å². The third-order valence-electron chi connectivity index (χ3n) is 2.33. The Hall–Kier alpha value is -0.790. The van der Waals surface area contributed by atoms with Crippen LogP contribution in [0.25, 0.3) is 6.08 Å². The fraction of sp³-hybridized carbons (Fsp3) is 0.273. The van der Waals surface area contributed by atoms with E-state index in [1.807, 2.05) is 7.05 Å². The van der Waals surface area contributed by atoms with Gasteiger partial charge in [-0.25, -0.2) is 0 Å². The molecule has 70 valence electrons.